The number of benzene rings is 2. The number of hydrogen-bond acceptors (Lipinski definition) is 4. The van der Waals surface area contributed by atoms with Gasteiger partial charge in [-0.2, -0.15) is 0 Å². The fourth-order valence-electron chi connectivity index (χ4n) is 1.78. The summed E-state index contributed by atoms with van der Waals surface area (Å²) in [6, 6.07) is 8.11. The number of nitro benzene ring substituents is 1. The molecular weight excluding hydrogens is 406 g/mol. The van der Waals surface area contributed by atoms with Crippen molar-refractivity contribution in [2.75, 3.05) is 0 Å². The number of nitrogens with zero attached hydrogens (tertiary/aromatic N) is 1. The van der Waals surface area contributed by atoms with Crippen LogP contribution in [-0.4, -0.2) is 10.0 Å². The van der Waals surface area contributed by atoms with Crippen molar-refractivity contribution in [1.29, 1.82) is 0 Å². The van der Waals surface area contributed by atoms with Crippen molar-refractivity contribution in [1.82, 2.24) is 0 Å². The summed E-state index contributed by atoms with van der Waals surface area (Å²) in [5, 5.41) is 19.9. The first-order chi connectivity index (χ1) is 9.92. The third-order valence-electron chi connectivity index (χ3n) is 2.83. The quantitative estimate of drug-likeness (QED) is 0.578. The lowest BCUT2D eigenvalue weighted by atomic mass is 10.1. The maximum Gasteiger partial charge on any atom is 0.271 e. The third kappa shape index (κ3) is 3.61. The highest BCUT2D eigenvalue weighted by Crippen LogP contribution is 2.40. The van der Waals surface area contributed by atoms with Gasteiger partial charge in [-0.15, -0.1) is 0 Å². The fraction of sp³-hybridized carbons (Fsp3) is 0.143. The van der Waals surface area contributed by atoms with Crippen LogP contribution in [0.2, 0.25) is 0 Å². The number of rotatable bonds is 4. The number of halogens is 2. The average molecular weight is 417 g/mol. The summed E-state index contributed by atoms with van der Waals surface area (Å²) in [4.78, 5) is 10.3. The Morgan fingerprint density at radius 1 is 1.24 bits per heavy atom. The molecule has 5 nitrogen and oxygen atoms in total. The maximum atomic E-state index is 10.8. The van der Waals surface area contributed by atoms with Crippen LogP contribution in [0, 0.1) is 17.0 Å². The molecule has 110 valence electrons. The van der Waals surface area contributed by atoms with E-state index in [1.165, 1.54) is 12.1 Å². The van der Waals surface area contributed by atoms with Crippen molar-refractivity contribution >= 4 is 37.5 Å². The minimum Gasteiger partial charge on any atom is -0.455 e. The number of ether oxygens (including phenoxy) is 1. The van der Waals surface area contributed by atoms with E-state index in [0.717, 1.165) is 11.1 Å². The van der Waals surface area contributed by atoms with Crippen molar-refractivity contribution < 1.29 is 14.8 Å². The van der Waals surface area contributed by atoms with Crippen LogP contribution in [0.1, 0.15) is 11.1 Å². The van der Waals surface area contributed by atoms with Crippen LogP contribution in [0.15, 0.2) is 39.3 Å². The molecule has 0 amide bonds. The topological polar surface area (TPSA) is 72.6 Å². The Morgan fingerprint density at radius 2 is 1.86 bits per heavy atom. The Bertz CT molecular complexity index is 680. The first kappa shape index (κ1) is 15.9. The molecule has 0 atom stereocenters. The Balaban J connectivity index is 2.38. The molecule has 0 spiro atoms. The molecule has 0 radical (unpaired) electrons. The van der Waals surface area contributed by atoms with Gasteiger partial charge in [0.05, 0.1) is 20.5 Å². The first-order valence-electron chi connectivity index (χ1n) is 5.94. The second-order valence-electron chi connectivity index (χ2n) is 4.36. The van der Waals surface area contributed by atoms with E-state index in [0.29, 0.717) is 20.4 Å². The largest absolute Gasteiger partial charge is 0.455 e. The van der Waals surface area contributed by atoms with Gasteiger partial charge < -0.3 is 9.84 Å². The zero-order valence-electron chi connectivity index (χ0n) is 11.0. The molecule has 0 saturated heterocycles. The molecule has 1 N–H and O–H groups in total. The average Bonchev–Trinajstić information content (AvgIpc) is 2.43. The molecule has 0 bridgehead atoms. The van der Waals surface area contributed by atoms with Gasteiger partial charge in [0.25, 0.3) is 5.69 Å². The van der Waals surface area contributed by atoms with Crippen molar-refractivity contribution in [2.24, 2.45) is 0 Å². The van der Waals surface area contributed by atoms with E-state index < -0.39 is 4.92 Å². The molecular formula is C14H11Br2NO4. The van der Waals surface area contributed by atoms with Crippen LogP contribution in [0.25, 0.3) is 0 Å². The highest BCUT2D eigenvalue weighted by molar-refractivity contribution is 9.11. The summed E-state index contributed by atoms with van der Waals surface area (Å²) in [6.07, 6.45) is 0. The predicted octanol–water partition coefficient (Wildman–Crippen LogP) is 4.71. The molecule has 0 aliphatic carbocycles. The van der Waals surface area contributed by atoms with Crippen molar-refractivity contribution in [3.63, 3.8) is 0 Å². The van der Waals surface area contributed by atoms with Crippen LogP contribution in [-0.2, 0) is 6.61 Å². The van der Waals surface area contributed by atoms with Gasteiger partial charge in [0.1, 0.15) is 5.75 Å². The second-order valence-corrected chi connectivity index (χ2v) is 6.06. The SMILES string of the molecule is Cc1cc(CO)ccc1Oc1c(Br)cc([N+](=O)[O-])cc1Br. The molecule has 0 fully saturated rings. The zero-order chi connectivity index (χ0) is 15.6. The summed E-state index contributed by atoms with van der Waals surface area (Å²) in [6.45, 7) is 1.83. The minimum absolute atomic E-state index is 0.0338. The Kier molecular flexibility index (Phi) is 4.97. The Labute approximate surface area is 138 Å². The summed E-state index contributed by atoms with van der Waals surface area (Å²) in [7, 11) is 0. The standard InChI is InChI=1S/C14H11Br2NO4/c1-8-4-9(7-18)2-3-13(8)21-14-11(15)5-10(17(19)20)6-12(14)16/h2-6,18H,7H2,1H3. The molecule has 0 aliphatic rings. The van der Waals surface area contributed by atoms with E-state index >= 15 is 0 Å². The van der Waals surface area contributed by atoms with Crippen LogP contribution >= 0.6 is 31.9 Å². The highest BCUT2D eigenvalue weighted by Gasteiger charge is 2.16. The normalized spacial score (nSPS) is 10.5. The van der Waals surface area contributed by atoms with Crippen LogP contribution in [0.3, 0.4) is 0 Å². The fourth-order valence-corrected chi connectivity index (χ4v) is 3.11. The zero-order valence-corrected chi connectivity index (χ0v) is 14.1. The van der Waals surface area contributed by atoms with Gasteiger partial charge >= 0.3 is 0 Å². The predicted molar refractivity (Wildman–Crippen MR) is 85.7 cm³/mol. The van der Waals surface area contributed by atoms with Gasteiger partial charge in [-0.3, -0.25) is 10.1 Å². The van der Waals surface area contributed by atoms with Crippen molar-refractivity contribution in [3.05, 3.63) is 60.5 Å². The molecule has 0 aromatic heterocycles. The first-order valence-corrected chi connectivity index (χ1v) is 7.52. The summed E-state index contributed by atoms with van der Waals surface area (Å²) in [5.74, 6) is 1.07. The van der Waals surface area contributed by atoms with E-state index in [4.69, 9.17) is 9.84 Å². The van der Waals surface area contributed by atoms with Crippen molar-refractivity contribution in [3.8, 4) is 11.5 Å². The summed E-state index contributed by atoms with van der Waals surface area (Å²) in [5.41, 5.74) is 1.62. The van der Waals surface area contributed by atoms with Crippen LogP contribution in [0.4, 0.5) is 5.69 Å². The van der Waals surface area contributed by atoms with E-state index in [-0.39, 0.29) is 12.3 Å². The molecule has 2 aromatic rings. The van der Waals surface area contributed by atoms with Gasteiger partial charge in [-0.05, 0) is 56.0 Å². The number of hydrogen-bond donors (Lipinski definition) is 1. The molecule has 0 aliphatic heterocycles. The van der Waals surface area contributed by atoms with Gasteiger partial charge in [-0.25, -0.2) is 0 Å². The lowest BCUT2D eigenvalue weighted by molar-refractivity contribution is -0.385. The molecule has 7 heteroatoms. The molecule has 0 unspecified atom stereocenters. The van der Waals surface area contributed by atoms with Gasteiger partial charge in [0.15, 0.2) is 5.75 Å². The van der Waals surface area contributed by atoms with Gasteiger partial charge in [0, 0.05) is 12.1 Å². The van der Waals surface area contributed by atoms with E-state index in [9.17, 15) is 10.1 Å². The third-order valence-corrected chi connectivity index (χ3v) is 4.01. The minimum atomic E-state index is -0.472. The van der Waals surface area contributed by atoms with Gasteiger partial charge in [0.2, 0.25) is 0 Å². The summed E-state index contributed by atoms with van der Waals surface area (Å²) < 4.78 is 6.77. The Hall–Kier alpha value is -1.44. The number of non-ortho nitro benzene ring substituents is 1. The number of aliphatic hydroxyl groups is 1. The highest BCUT2D eigenvalue weighted by atomic mass is 79.9. The molecule has 2 rings (SSSR count). The second kappa shape index (κ2) is 6.55. The molecule has 21 heavy (non-hydrogen) atoms. The van der Waals surface area contributed by atoms with Crippen molar-refractivity contribution in [2.45, 2.75) is 13.5 Å². The monoisotopic (exact) mass is 415 g/mol. The Morgan fingerprint density at radius 3 is 2.33 bits per heavy atom. The number of aryl methyl sites for hydroxylation is 1. The van der Waals surface area contributed by atoms with E-state index in [1.54, 1.807) is 12.1 Å². The molecule has 0 heterocycles. The van der Waals surface area contributed by atoms with Gasteiger partial charge in [-0.1, -0.05) is 12.1 Å². The number of nitro groups is 1. The molecule has 0 saturated carbocycles. The molecule has 2 aromatic carbocycles. The van der Waals surface area contributed by atoms with E-state index in [1.807, 2.05) is 13.0 Å². The lowest BCUT2D eigenvalue weighted by Crippen LogP contribution is -1.94. The van der Waals surface area contributed by atoms with Crippen LogP contribution in [0.5, 0.6) is 11.5 Å². The number of aliphatic hydroxyl groups excluding tert-OH is 1. The van der Waals surface area contributed by atoms with E-state index in [2.05, 4.69) is 31.9 Å². The smallest absolute Gasteiger partial charge is 0.271 e. The summed E-state index contributed by atoms with van der Waals surface area (Å²) >= 11 is 6.55. The lowest BCUT2D eigenvalue weighted by Gasteiger charge is -2.12. The van der Waals surface area contributed by atoms with Crippen LogP contribution < -0.4 is 4.74 Å². The maximum absolute atomic E-state index is 10.8.